The number of aliphatic carboxylic acids is 2. The summed E-state index contributed by atoms with van der Waals surface area (Å²) >= 11 is 3.55. The number of hydrogen-bond acceptors (Lipinski definition) is 6. The van der Waals surface area contributed by atoms with Crippen molar-refractivity contribution < 1.29 is 19.8 Å². The summed E-state index contributed by atoms with van der Waals surface area (Å²) in [6, 6.07) is 2.14. The van der Waals surface area contributed by atoms with Crippen molar-refractivity contribution in [2.24, 2.45) is 0 Å². The number of carbonyl (C=O) groups is 2. The number of rotatable bonds is 2. The number of carboxylic acids is 2. The third-order valence-electron chi connectivity index (χ3n) is 3.26. The van der Waals surface area contributed by atoms with Crippen molar-refractivity contribution in [2.45, 2.75) is 12.3 Å². The van der Waals surface area contributed by atoms with Crippen LogP contribution < -0.4 is 0 Å². The molecule has 1 aliphatic heterocycles. The average molecular weight is 340 g/mol. The number of aromatic nitrogens is 1. The van der Waals surface area contributed by atoms with Crippen LogP contribution in [0.2, 0.25) is 0 Å². The lowest BCUT2D eigenvalue weighted by molar-refractivity contribution is -0.159. The molecule has 0 bridgehead atoms. The standard InChI is InChI=1S/C12H14N2S2.C2H2O4/c1-14-4-2-9(6-14)12-13-11(8-16-12)10-3-5-15-7-10;3-1(4)2(5)6/h3,5,7-9H,2,4,6H2,1H3;(H,3,4)(H,5,6). The monoisotopic (exact) mass is 340 g/mol. The average Bonchev–Trinajstić information content (AvgIpc) is 3.19. The first kappa shape index (κ1) is 16.6. The Bertz CT molecular complexity index is 627. The molecule has 2 N–H and O–H groups in total. The van der Waals surface area contributed by atoms with Crippen molar-refractivity contribution in [1.29, 1.82) is 0 Å². The van der Waals surface area contributed by atoms with Gasteiger partial charge in [0.15, 0.2) is 0 Å². The molecule has 2 aromatic heterocycles. The second kappa shape index (κ2) is 7.48. The minimum Gasteiger partial charge on any atom is -0.473 e. The SMILES string of the molecule is CN1CCC(c2nc(-c3ccsc3)cs2)C1.O=C(O)C(=O)O. The first-order chi connectivity index (χ1) is 10.5. The van der Waals surface area contributed by atoms with Crippen LogP contribution >= 0.6 is 22.7 Å². The highest BCUT2D eigenvalue weighted by Crippen LogP contribution is 2.32. The van der Waals surface area contributed by atoms with Gasteiger partial charge in [-0.2, -0.15) is 11.3 Å². The van der Waals surface area contributed by atoms with Crippen LogP contribution in [0.25, 0.3) is 11.3 Å². The van der Waals surface area contributed by atoms with Gasteiger partial charge in [0.25, 0.3) is 0 Å². The molecule has 3 heterocycles. The highest BCUT2D eigenvalue weighted by Gasteiger charge is 2.23. The van der Waals surface area contributed by atoms with E-state index in [0.717, 1.165) is 12.2 Å². The van der Waals surface area contributed by atoms with E-state index in [-0.39, 0.29) is 0 Å². The van der Waals surface area contributed by atoms with Crippen LogP contribution in [-0.4, -0.2) is 52.2 Å². The third-order valence-corrected chi connectivity index (χ3v) is 4.95. The van der Waals surface area contributed by atoms with E-state index in [1.165, 1.54) is 23.5 Å². The molecular formula is C14H16N2O4S2. The highest BCUT2D eigenvalue weighted by atomic mass is 32.1. The molecular weight excluding hydrogens is 324 g/mol. The fourth-order valence-corrected chi connectivity index (χ4v) is 3.76. The second-order valence-electron chi connectivity index (χ2n) is 4.94. The first-order valence-corrected chi connectivity index (χ1v) is 8.42. The molecule has 22 heavy (non-hydrogen) atoms. The molecule has 0 aliphatic carbocycles. The first-order valence-electron chi connectivity index (χ1n) is 6.60. The number of likely N-dealkylation sites (tertiary alicyclic amines) is 1. The molecule has 0 spiro atoms. The summed E-state index contributed by atoms with van der Waals surface area (Å²) in [4.78, 5) is 25.4. The number of thiazole rings is 1. The summed E-state index contributed by atoms with van der Waals surface area (Å²) in [5.41, 5.74) is 2.41. The summed E-state index contributed by atoms with van der Waals surface area (Å²) in [5.74, 6) is -2.99. The number of likely N-dealkylation sites (N-methyl/N-ethyl adjacent to an activating group) is 1. The molecule has 118 valence electrons. The lowest BCUT2D eigenvalue weighted by Crippen LogP contribution is -2.13. The van der Waals surface area contributed by atoms with Crippen LogP contribution in [0.15, 0.2) is 22.2 Å². The summed E-state index contributed by atoms with van der Waals surface area (Å²) in [5, 5.41) is 22.6. The number of carboxylic acid groups (broad SMARTS) is 2. The smallest absolute Gasteiger partial charge is 0.414 e. The molecule has 0 saturated carbocycles. The fourth-order valence-electron chi connectivity index (χ4n) is 2.15. The van der Waals surface area contributed by atoms with Crippen molar-refractivity contribution in [3.05, 3.63) is 27.2 Å². The Labute approximate surface area is 135 Å². The maximum Gasteiger partial charge on any atom is 0.414 e. The van der Waals surface area contributed by atoms with Gasteiger partial charge in [0, 0.05) is 28.8 Å². The fraction of sp³-hybridized carbons (Fsp3) is 0.357. The zero-order chi connectivity index (χ0) is 16.1. The van der Waals surface area contributed by atoms with Gasteiger partial charge in [-0.15, -0.1) is 11.3 Å². The van der Waals surface area contributed by atoms with Gasteiger partial charge in [0.05, 0.1) is 10.7 Å². The number of hydrogen-bond donors (Lipinski definition) is 2. The lowest BCUT2D eigenvalue weighted by atomic mass is 10.1. The van der Waals surface area contributed by atoms with Gasteiger partial charge in [-0.1, -0.05) is 0 Å². The van der Waals surface area contributed by atoms with Crippen molar-refractivity contribution in [1.82, 2.24) is 9.88 Å². The molecule has 1 aliphatic rings. The minimum absolute atomic E-state index is 0.655. The molecule has 3 rings (SSSR count). The van der Waals surface area contributed by atoms with Crippen molar-refractivity contribution in [3.63, 3.8) is 0 Å². The summed E-state index contributed by atoms with van der Waals surface area (Å²) < 4.78 is 0. The minimum atomic E-state index is -1.82. The predicted octanol–water partition coefficient (Wildman–Crippen LogP) is 2.45. The van der Waals surface area contributed by atoms with Crippen LogP contribution in [0.5, 0.6) is 0 Å². The van der Waals surface area contributed by atoms with E-state index >= 15 is 0 Å². The van der Waals surface area contributed by atoms with Gasteiger partial charge in [-0.05, 0) is 31.5 Å². The van der Waals surface area contributed by atoms with E-state index in [1.54, 1.807) is 11.3 Å². The van der Waals surface area contributed by atoms with E-state index in [9.17, 15) is 0 Å². The number of thiophene rings is 1. The van der Waals surface area contributed by atoms with E-state index in [0.29, 0.717) is 5.92 Å². The maximum absolute atomic E-state index is 9.10. The number of nitrogens with zero attached hydrogens (tertiary/aromatic N) is 2. The molecule has 0 radical (unpaired) electrons. The largest absolute Gasteiger partial charge is 0.473 e. The van der Waals surface area contributed by atoms with Gasteiger partial charge in [0.2, 0.25) is 0 Å². The van der Waals surface area contributed by atoms with E-state index in [1.807, 2.05) is 11.3 Å². The molecule has 0 aromatic carbocycles. The molecule has 8 heteroatoms. The maximum atomic E-state index is 9.10. The van der Waals surface area contributed by atoms with Gasteiger partial charge < -0.3 is 15.1 Å². The van der Waals surface area contributed by atoms with Gasteiger partial charge in [-0.25, -0.2) is 14.6 Å². The van der Waals surface area contributed by atoms with Crippen LogP contribution in [0.1, 0.15) is 17.3 Å². The summed E-state index contributed by atoms with van der Waals surface area (Å²) in [7, 11) is 2.19. The zero-order valence-electron chi connectivity index (χ0n) is 11.9. The van der Waals surface area contributed by atoms with Crippen molar-refractivity contribution in [3.8, 4) is 11.3 Å². The van der Waals surface area contributed by atoms with Crippen molar-refractivity contribution >= 4 is 34.6 Å². The Hall–Kier alpha value is -1.77. The Kier molecular flexibility index (Phi) is 5.64. The van der Waals surface area contributed by atoms with E-state index in [4.69, 9.17) is 24.8 Å². The van der Waals surface area contributed by atoms with Gasteiger partial charge >= 0.3 is 11.9 Å². The Morgan fingerprint density at radius 2 is 2.05 bits per heavy atom. The Morgan fingerprint density at radius 3 is 2.55 bits per heavy atom. The zero-order valence-corrected chi connectivity index (χ0v) is 13.6. The Balaban J connectivity index is 0.000000254. The lowest BCUT2D eigenvalue weighted by Gasteiger charge is -2.06. The van der Waals surface area contributed by atoms with Crippen LogP contribution in [-0.2, 0) is 9.59 Å². The molecule has 0 amide bonds. The predicted molar refractivity (Wildman–Crippen MR) is 85.6 cm³/mol. The third kappa shape index (κ3) is 4.36. The van der Waals surface area contributed by atoms with Crippen LogP contribution in [0, 0.1) is 0 Å². The molecule has 1 saturated heterocycles. The van der Waals surface area contributed by atoms with Crippen molar-refractivity contribution in [2.75, 3.05) is 20.1 Å². The molecule has 1 fully saturated rings. The van der Waals surface area contributed by atoms with Crippen LogP contribution in [0.4, 0.5) is 0 Å². The van der Waals surface area contributed by atoms with E-state index < -0.39 is 11.9 Å². The van der Waals surface area contributed by atoms with Gasteiger partial charge in [-0.3, -0.25) is 0 Å². The normalized spacial score (nSPS) is 17.8. The molecule has 1 unspecified atom stereocenters. The van der Waals surface area contributed by atoms with Gasteiger partial charge in [0.1, 0.15) is 0 Å². The molecule has 1 atom stereocenters. The summed E-state index contributed by atoms with van der Waals surface area (Å²) in [6.45, 7) is 2.37. The topological polar surface area (TPSA) is 90.7 Å². The highest BCUT2D eigenvalue weighted by molar-refractivity contribution is 7.10. The summed E-state index contributed by atoms with van der Waals surface area (Å²) in [6.07, 6.45) is 1.26. The van der Waals surface area contributed by atoms with Crippen LogP contribution in [0.3, 0.4) is 0 Å². The van der Waals surface area contributed by atoms with E-state index in [2.05, 4.69) is 34.2 Å². The second-order valence-corrected chi connectivity index (χ2v) is 6.61. The molecule has 6 nitrogen and oxygen atoms in total. The Morgan fingerprint density at radius 1 is 1.32 bits per heavy atom. The molecule has 2 aromatic rings. The quantitative estimate of drug-likeness (QED) is 0.816.